The summed E-state index contributed by atoms with van der Waals surface area (Å²) in [7, 11) is 0. The number of nitrogens with zero attached hydrogens (tertiary/aromatic N) is 2. The Hall–Kier alpha value is -2.67. The summed E-state index contributed by atoms with van der Waals surface area (Å²) in [6.45, 7) is 6.05. The summed E-state index contributed by atoms with van der Waals surface area (Å²) in [6, 6.07) is 6.55. The lowest BCUT2D eigenvalue weighted by Gasteiger charge is -2.18. The molecule has 2 heterocycles. The Morgan fingerprint density at radius 2 is 2.00 bits per heavy atom. The number of anilines is 1. The Morgan fingerprint density at radius 3 is 2.72 bits per heavy atom. The zero-order chi connectivity index (χ0) is 20.5. The lowest BCUT2D eigenvalue weighted by molar-refractivity contribution is -0.118. The Kier molecular flexibility index (Phi) is 5.41. The van der Waals surface area contributed by atoms with E-state index in [4.69, 9.17) is 4.74 Å². The number of ether oxygens (including phenoxy) is 1. The molecule has 29 heavy (non-hydrogen) atoms. The second-order valence-electron chi connectivity index (χ2n) is 7.35. The van der Waals surface area contributed by atoms with Crippen LogP contribution in [0.4, 0.5) is 5.69 Å². The molecule has 1 amide bonds. The standard InChI is InChI=1S/C22H25N3O3S/c1-4-28-16-11-9-15(10-12-16)24-20(26)13(2)25-14(3)23-21-19(22(25)27)17-7-5-6-8-18(17)29-21/h9-13H,4-8H2,1-3H3,(H,24,26). The number of amides is 1. The fourth-order valence-electron chi connectivity index (χ4n) is 3.94. The minimum absolute atomic E-state index is 0.110. The van der Waals surface area contributed by atoms with Gasteiger partial charge < -0.3 is 10.1 Å². The van der Waals surface area contributed by atoms with Crippen molar-refractivity contribution in [1.29, 1.82) is 0 Å². The normalized spacial score (nSPS) is 14.4. The summed E-state index contributed by atoms with van der Waals surface area (Å²) >= 11 is 1.63. The van der Waals surface area contributed by atoms with Crippen LogP contribution in [0.1, 0.15) is 49.0 Å². The van der Waals surface area contributed by atoms with Crippen molar-refractivity contribution < 1.29 is 9.53 Å². The molecule has 1 aliphatic rings. The maximum absolute atomic E-state index is 13.3. The Morgan fingerprint density at radius 1 is 1.28 bits per heavy atom. The van der Waals surface area contributed by atoms with Crippen LogP contribution < -0.4 is 15.6 Å². The predicted molar refractivity (Wildman–Crippen MR) is 116 cm³/mol. The van der Waals surface area contributed by atoms with Crippen LogP contribution in [0, 0.1) is 6.92 Å². The first-order chi connectivity index (χ1) is 14.0. The summed E-state index contributed by atoms with van der Waals surface area (Å²) in [5.41, 5.74) is 1.70. The van der Waals surface area contributed by atoms with E-state index < -0.39 is 6.04 Å². The van der Waals surface area contributed by atoms with Crippen LogP contribution in [0.2, 0.25) is 0 Å². The highest BCUT2D eigenvalue weighted by atomic mass is 32.1. The molecule has 0 bridgehead atoms. The number of hydrogen-bond donors (Lipinski definition) is 1. The molecule has 0 fully saturated rings. The number of aryl methyl sites for hydroxylation is 3. The molecule has 0 aliphatic heterocycles. The monoisotopic (exact) mass is 411 g/mol. The molecule has 0 radical (unpaired) electrons. The van der Waals surface area contributed by atoms with E-state index >= 15 is 0 Å². The van der Waals surface area contributed by atoms with E-state index in [0.717, 1.165) is 41.8 Å². The van der Waals surface area contributed by atoms with Gasteiger partial charge >= 0.3 is 0 Å². The zero-order valence-corrected chi connectivity index (χ0v) is 17.8. The van der Waals surface area contributed by atoms with E-state index in [9.17, 15) is 9.59 Å². The molecule has 1 atom stereocenters. The fourth-order valence-corrected chi connectivity index (χ4v) is 5.24. The number of rotatable bonds is 5. The third kappa shape index (κ3) is 3.67. The average molecular weight is 412 g/mol. The van der Waals surface area contributed by atoms with Crippen LogP contribution in [-0.4, -0.2) is 22.1 Å². The average Bonchev–Trinajstić information content (AvgIpc) is 3.07. The van der Waals surface area contributed by atoms with Crippen molar-refractivity contribution in [3.05, 3.63) is 50.9 Å². The molecular formula is C22H25N3O3S. The van der Waals surface area contributed by atoms with Crippen LogP contribution in [0.15, 0.2) is 29.1 Å². The highest BCUT2D eigenvalue weighted by Gasteiger charge is 2.25. The lowest BCUT2D eigenvalue weighted by atomic mass is 9.97. The molecule has 1 aliphatic carbocycles. The fraction of sp³-hybridized carbons (Fsp3) is 0.409. The van der Waals surface area contributed by atoms with Crippen LogP contribution in [-0.2, 0) is 17.6 Å². The SMILES string of the molecule is CCOc1ccc(NC(=O)C(C)n2c(C)nc3sc4c(c3c2=O)CCCC4)cc1. The van der Waals surface area contributed by atoms with Crippen molar-refractivity contribution >= 4 is 33.1 Å². The molecule has 0 saturated carbocycles. The molecule has 1 N–H and O–H groups in total. The molecule has 7 heteroatoms. The summed E-state index contributed by atoms with van der Waals surface area (Å²) in [4.78, 5) is 32.9. The number of fused-ring (bicyclic) bond motifs is 3. The molecule has 1 unspecified atom stereocenters. The second kappa shape index (κ2) is 7.99. The molecule has 152 valence electrons. The van der Waals surface area contributed by atoms with Crippen LogP contribution >= 0.6 is 11.3 Å². The first-order valence-electron chi connectivity index (χ1n) is 10.1. The minimum atomic E-state index is -0.662. The van der Waals surface area contributed by atoms with Gasteiger partial charge in [0.1, 0.15) is 22.4 Å². The predicted octanol–water partition coefficient (Wildman–Crippen LogP) is 4.24. The third-order valence-corrected chi connectivity index (χ3v) is 6.58. The second-order valence-corrected chi connectivity index (χ2v) is 8.43. The number of thiophene rings is 1. The Bertz CT molecular complexity index is 1120. The number of carbonyl (C=O) groups is 1. The first-order valence-corrected chi connectivity index (χ1v) is 10.9. The van der Waals surface area contributed by atoms with E-state index in [2.05, 4.69) is 10.3 Å². The van der Waals surface area contributed by atoms with Crippen LogP contribution in [0.3, 0.4) is 0 Å². The van der Waals surface area contributed by atoms with Gasteiger partial charge in [0.25, 0.3) is 5.56 Å². The summed E-state index contributed by atoms with van der Waals surface area (Å²) in [5, 5.41) is 3.59. The van der Waals surface area contributed by atoms with Gasteiger partial charge in [-0.05, 0) is 76.3 Å². The lowest BCUT2D eigenvalue weighted by Crippen LogP contribution is -2.34. The van der Waals surface area contributed by atoms with Gasteiger partial charge in [-0.2, -0.15) is 0 Å². The van der Waals surface area contributed by atoms with E-state index in [1.165, 1.54) is 9.44 Å². The molecule has 6 nitrogen and oxygen atoms in total. The first kappa shape index (κ1) is 19.6. The van der Waals surface area contributed by atoms with Gasteiger partial charge in [-0.3, -0.25) is 14.2 Å². The minimum Gasteiger partial charge on any atom is -0.494 e. The van der Waals surface area contributed by atoms with Gasteiger partial charge in [0.15, 0.2) is 0 Å². The van der Waals surface area contributed by atoms with Crippen molar-refractivity contribution in [3.63, 3.8) is 0 Å². The number of nitrogens with one attached hydrogen (secondary N) is 1. The molecule has 0 spiro atoms. The van der Waals surface area contributed by atoms with Crippen molar-refractivity contribution in [1.82, 2.24) is 9.55 Å². The highest BCUT2D eigenvalue weighted by molar-refractivity contribution is 7.18. The van der Waals surface area contributed by atoms with E-state index in [-0.39, 0.29) is 11.5 Å². The van der Waals surface area contributed by atoms with Gasteiger partial charge in [0, 0.05) is 10.6 Å². The number of carbonyl (C=O) groups excluding carboxylic acids is 1. The number of hydrogen-bond acceptors (Lipinski definition) is 5. The van der Waals surface area contributed by atoms with Crippen LogP contribution in [0.5, 0.6) is 5.75 Å². The number of benzene rings is 1. The smallest absolute Gasteiger partial charge is 0.263 e. The molecule has 0 saturated heterocycles. The topological polar surface area (TPSA) is 73.2 Å². The quantitative estimate of drug-likeness (QED) is 0.681. The summed E-state index contributed by atoms with van der Waals surface area (Å²) < 4.78 is 6.95. The molecule has 2 aromatic heterocycles. The largest absolute Gasteiger partial charge is 0.494 e. The highest BCUT2D eigenvalue weighted by Crippen LogP contribution is 2.34. The van der Waals surface area contributed by atoms with Gasteiger partial charge in [-0.25, -0.2) is 4.98 Å². The van der Waals surface area contributed by atoms with Crippen molar-refractivity contribution in [2.45, 2.75) is 52.5 Å². The van der Waals surface area contributed by atoms with Gasteiger partial charge in [0.2, 0.25) is 5.91 Å². The van der Waals surface area contributed by atoms with Crippen molar-refractivity contribution in [2.24, 2.45) is 0 Å². The van der Waals surface area contributed by atoms with Crippen molar-refractivity contribution in [3.8, 4) is 5.75 Å². The molecule has 1 aromatic carbocycles. The van der Waals surface area contributed by atoms with E-state index in [1.54, 1.807) is 37.3 Å². The maximum atomic E-state index is 13.3. The molecule has 4 rings (SSSR count). The maximum Gasteiger partial charge on any atom is 0.263 e. The van der Waals surface area contributed by atoms with Crippen molar-refractivity contribution in [2.75, 3.05) is 11.9 Å². The zero-order valence-electron chi connectivity index (χ0n) is 16.9. The Balaban J connectivity index is 1.64. The summed E-state index contributed by atoms with van der Waals surface area (Å²) in [6.07, 6.45) is 4.19. The molecular weight excluding hydrogens is 386 g/mol. The van der Waals surface area contributed by atoms with Gasteiger partial charge in [0.05, 0.1) is 12.0 Å². The van der Waals surface area contributed by atoms with E-state index in [1.807, 2.05) is 19.1 Å². The van der Waals surface area contributed by atoms with Gasteiger partial charge in [-0.15, -0.1) is 11.3 Å². The molecule has 3 aromatic rings. The van der Waals surface area contributed by atoms with Crippen LogP contribution in [0.25, 0.3) is 10.2 Å². The van der Waals surface area contributed by atoms with Gasteiger partial charge in [-0.1, -0.05) is 0 Å². The number of aromatic nitrogens is 2. The van der Waals surface area contributed by atoms with E-state index in [0.29, 0.717) is 23.5 Å². The summed E-state index contributed by atoms with van der Waals surface area (Å²) in [5.74, 6) is 1.07. The third-order valence-electron chi connectivity index (χ3n) is 5.40. The Labute approximate surface area is 173 Å².